The number of fused-ring (bicyclic) bond motifs is 1. The maximum Gasteiger partial charge on any atom is 0.180 e. The van der Waals surface area contributed by atoms with Crippen LogP contribution < -0.4 is 0 Å². The molecule has 0 atom stereocenters. The summed E-state index contributed by atoms with van der Waals surface area (Å²) in [6, 6.07) is 0. The molecule has 2 rings (SSSR count). The van der Waals surface area contributed by atoms with Crippen molar-refractivity contribution in [2.45, 2.75) is 45.4 Å². The van der Waals surface area contributed by atoms with E-state index in [4.69, 9.17) is 0 Å². The summed E-state index contributed by atoms with van der Waals surface area (Å²) in [5.41, 5.74) is 2.88. The van der Waals surface area contributed by atoms with Gasteiger partial charge in [-0.15, -0.1) is 0 Å². The van der Waals surface area contributed by atoms with Crippen LogP contribution in [0, 0.1) is 0 Å². The van der Waals surface area contributed by atoms with Gasteiger partial charge in [0.15, 0.2) is 5.65 Å². The first-order valence-electron chi connectivity index (χ1n) is 5.79. The molecule has 2 heterocycles. The SMILES string of the molecule is CCCCC(C)(C)c1ncnc2nc[nH]c12. The van der Waals surface area contributed by atoms with Crippen LogP contribution >= 0.6 is 0 Å². The molecular weight excluding hydrogens is 200 g/mol. The Hall–Kier alpha value is -1.45. The molecule has 16 heavy (non-hydrogen) atoms. The summed E-state index contributed by atoms with van der Waals surface area (Å²) in [5, 5.41) is 0. The van der Waals surface area contributed by atoms with Crippen molar-refractivity contribution in [1.29, 1.82) is 0 Å². The third-order valence-electron chi connectivity index (χ3n) is 3.02. The zero-order valence-corrected chi connectivity index (χ0v) is 10.1. The van der Waals surface area contributed by atoms with Crippen LogP contribution in [-0.2, 0) is 5.41 Å². The van der Waals surface area contributed by atoms with E-state index < -0.39 is 0 Å². The highest BCUT2D eigenvalue weighted by atomic mass is 15.0. The molecule has 0 spiro atoms. The van der Waals surface area contributed by atoms with E-state index in [-0.39, 0.29) is 5.41 Å². The van der Waals surface area contributed by atoms with Gasteiger partial charge < -0.3 is 4.98 Å². The van der Waals surface area contributed by atoms with E-state index in [1.54, 1.807) is 12.7 Å². The molecule has 0 aliphatic rings. The molecule has 4 heteroatoms. The van der Waals surface area contributed by atoms with Crippen LogP contribution in [0.5, 0.6) is 0 Å². The highest BCUT2D eigenvalue weighted by Crippen LogP contribution is 2.30. The molecule has 2 aromatic rings. The number of hydrogen-bond donors (Lipinski definition) is 1. The van der Waals surface area contributed by atoms with Crippen molar-refractivity contribution >= 4 is 11.2 Å². The lowest BCUT2D eigenvalue weighted by Crippen LogP contribution is -2.19. The van der Waals surface area contributed by atoms with Gasteiger partial charge in [-0.25, -0.2) is 15.0 Å². The average molecular weight is 218 g/mol. The number of hydrogen-bond acceptors (Lipinski definition) is 3. The molecule has 86 valence electrons. The van der Waals surface area contributed by atoms with Crippen molar-refractivity contribution in [2.24, 2.45) is 0 Å². The first kappa shape index (κ1) is 11.0. The van der Waals surface area contributed by atoms with Crippen molar-refractivity contribution in [2.75, 3.05) is 0 Å². The number of aromatic amines is 1. The van der Waals surface area contributed by atoms with Crippen LogP contribution in [-0.4, -0.2) is 19.9 Å². The van der Waals surface area contributed by atoms with E-state index in [9.17, 15) is 0 Å². The third-order valence-corrected chi connectivity index (χ3v) is 3.02. The van der Waals surface area contributed by atoms with E-state index in [0.717, 1.165) is 23.3 Å². The second-order valence-corrected chi connectivity index (χ2v) is 4.81. The number of imidazole rings is 1. The largest absolute Gasteiger partial charge is 0.342 e. The minimum atomic E-state index is 0.0731. The zero-order chi connectivity index (χ0) is 11.6. The summed E-state index contributed by atoms with van der Waals surface area (Å²) in [5.74, 6) is 0. The van der Waals surface area contributed by atoms with Crippen molar-refractivity contribution in [3.8, 4) is 0 Å². The monoisotopic (exact) mass is 218 g/mol. The van der Waals surface area contributed by atoms with E-state index in [1.807, 2.05) is 0 Å². The van der Waals surface area contributed by atoms with Gasteiger partial charge >= 0.3 is 0 Å². The number of rotatable bonds is 4. The van der Waals surface area contributed by atoms with Crippen molar-refractivity contribution < 1.29 is 0 Å². The molecule has 4 nitrogen and oxygen atoms in total. The van der Waals surface area contributed by atoms with Crippen LogP contribution in [0.3, 0.4) is 0 Å². The molecule has 0 aliphatic carbocycles. The molecule has 0 saturated heterocycles. The Labute approximate surface area is 95.5 Å². The van der Waals surface area contributed by atoms with Crippen molar-refractivity contribution in [3.05, 3.63) is 18.3 Å². The first-order chi connectivity index (χ1) is 7.65. The van der Waals surface area contributed by atoms with Gasteiger partial charge in [0.05, 0.1) is 12.0 Å². The normalized spacial score (nSPS) is 12.2. The fraction of sp³-hybridized carbons (Fsp3) is 0.583. The summed E-state index contributed by atoms with van der Waals surface area (Å²) < 4.78 is 0. The van der Waals surface area contributed by atoms with Gasteiger partial charge in [0.2, 0.25) is 0 Å². The highest BCUT2D eigenvalue weighted by molar-refractivity contribution is 5.73. The minimum absolute atomic E-state index is 0.0731. The van der Waals surface area contributed by atoms with Crippen LogP contribution in [0.4, 0.5) is 0 Å². The van der Waals surface area contributed by atoms with Crippen LogP contribution in [0.2, 0.25) is 0 Å². The Balaban J connectivity index is 2.41. The summed E-state index contributed by atoms with van der Waals surface area (Å²) >= 11 is 0. The molecule has 0 bridgehead atoms. The lowest BCUT2D eigenvalue weighted by molar-refractivity contribution is 0.448. The summed E-state index contributed by atoms with van der Waals surface area (Å²) in [7, 11) is 0. The van der Waals surface area contributed by atoms with Crippen LogP contribution in [0.1, 0.15) is 45.7 Å². The standard InChI is InChI=1S/C12H18N4/c1-4-5-6-12(2,3)10-9-11(15-7-13-9)16-8-14-10/h7-8H,4-6H2,1-3H3,(H,13,14,15,16). The van der Waals surface area contributed by atoms with Gasteiger partial charge in [0.25, 0.3) is 0 Å². The van der Waals surface area contributed by atoms with Gasteiger partial charge in [-0.3, -0.25) is 0 Å². The maximum atomic E-state index is 4.42. The van der Waals surface area contributed by atoms with Crippen LogP contribution in [0.15, 0.2) is 12.7 Å². The zero-order valence-electron chi connectivity index (χ0n) is 10.1. The lowest BCUT2D eigenvalue weighted by atomic mass is 9.83. The lowest BCUT2D eigenvalue weighted by Gasteiger charge is -2.23. The molecule has 0 aromatic carbocycles. The number of nitrogens with zero attached hydrogens (tertiary/aromatic N) is 3. The molecule has 0 amide bonds. The van der Waals surface area contributed by atoms with Crippen molar-refractivity contribution in [1.82, 2.24) is 19.9 Å². The Morgan fingerprint density at radius 1 is 1.25 bits per heavy atom. The van der Waals surface area contributed by atoms with E-state index in [0.29, 0.717) is 0 Å². The molecule has 1 N–H and O–H groups in total. The molecular formula is C12H18N4. The average Bonchev–Trinajstić information content (AvgIpc) is 2.73. The maximum absolute atomic E-state index is 4.42. The van der Waals surface area contributed by atoms with Crippen LogP contribution in [0.25, 0.3) is 11.2 Å². The van der Waals surface area contributed by atoms with Gasteiger partial charge in [-0.1, -0.05) is 33.6 Å². The third kappa shape index (κ3) is 1.92. The van der Waals surface area contributed by atoms with E-state index in [2.05, 4.69) is 40.7 Å². The Morgan fingerprint density at radius 3 is 2.81 bits per heavy atom. The number of unbranched alkanes of at least 4 members (excludes halogenated alkanes) is 1. The second kappa shape index (κ2) is 4.20. The summed E-state index contributed by atoms with van der Waals surface area (Å²) in [6.07, 6.45) is 6.84. The Kier molecular flexibility index (Phi) is 2.90. The van der Waals surface area contributed by atoms with Crippen molar-refractivity contribution in [3.63, 3.8) is 0 Å². The topological polar surface area (TPSA) is 54.5 Å². The van der Waals surface area contributed by atoms with Gasteiger partial charge in [0, 0.05) is 5.41 Å². The highest BCUT2D eigenvalue weighted by Gasteiger charge is 2.24. The number of H-pyrrole nitrogens is 1. The summed E-state index contributed by atoms with van der Waals surface area (Å²) in [6.45, 7) is 6.67. The Morgan fingerprint density at radius 2 is 2.06 bits per heavy atom. The van der Waals surface area contributed by atoms with E-state index >= 15 is 0 Å². The Bertz CT molecular complexity index is 473. The smallest absolute Gasteiger partial charge is 0.180 e. The fourth-order valence-electron chi connectivity index (χ4n) is 2.02. The van der Waals surface area contributed by atoms with Gasteiger partial charge in [-0.2, -0.15) is 0 Å². The predicted molar refractivity (Wildman–Crippen MR) is 64.2 cm³/mol. The van der Waals surface area contributed by atoms with Gasteiger partial charge in [-0.05, 0) is 6.42 Å². The molecule has 0 saturated carbocycles. The molecule has 0 aliphatic heterocycles. The molecule has 0 unspecified atom stereocenters. The molecule has 0 radical (unpaired) electrons. The van der Waals surface area contributed by atoms with Gasteiger partial charge in [0.1, 0.15) is 11.8 Å². The number of aromatic nitrogens is 4. The first-order valence-corrected chi connectivity index (χ1v) is 5.79. The number of nitrogens with one attached hydrogen (secondary N) is 1. The quantitative estimate of drug-likeness (QED) is 0.858. The summed E-state index contributed by atoms with van der Waals surface area (Å²) in [4.78, 5) is 15.9. The fourth-order valence-corrected chi connectivity index (χ4v) is 2.02. The minimum Gasteiger partial charge on any atom is -0.342 e. The van der Waals surface area contributed by atoms with E-state index in [1.165, 1.54) is 12.8 Å². The molecule has 0 fully saturated rings. The predicted octanol–water partition coefficient (Wildman–Crippen LogP) is 2.82. The molecule has 2 aromatic heterocycles. The second-order valence-electron chi connectivity index (χ2n) is 4.81.